The summed E-state index contributed by atoms with van der Waals surface area (Å²) in [6, 6.07) is 0.416. The topological polar surface area (TPSA) is 69.0 Å². The van der Waals surface area contributed by atoms with Gasteiger partial charge in [0.25, 0.3) is 0 Å². The van der Waals surface area contributed by atoms with Crippen LogP contribution in [-0.4, -0.2) is 83.8 Å². The summed E-state index contributed by atoms with van der Waals surface area (Å²) in [6.07, 6.45) is 3.60. The molecular weight excluding hydrogens is 318 g/mol. The lowest BCUT2D eigenvalue weighted by atomic mass is 10.2. The Balaban J connectivity index is 1.91. The molecule has 0 aliphatic carbocycles. The second-order valence-electron chi connectivity index (χ2n) is 6.34. The van der Waals surface area contributed by atoms with Gasteiger partial charge in [0.05, 0.1) is 11.9 Å². The maximum Gasteiger partial charge on any atom is 0.246 e. The molecule has 1 amide bonds. The van der Waals surface area contributed by atoms with Gasteiger partial charge in [-0.15, -0.1) is 0 Å². The third-order valence-corrected chi connectivity index (χ3v) is 4.73. The molecule has 0 radical (unpaired) electrons. The molecule has 25 heavy (non-hydrogen) atoms. The largest absolute Gasteiger partial charge is 0.355 e. The second kappa shape index (κ2) is 8.84. The summed E-state index contributed by atoms with van der Waals surface area (Å²) >= 11 is 0. The van der Waals surface area contributed by atoms with Gasteiger partial charge in [-0.05, 0) is 20.0 Å². The van der Waals surface area contributed by atoms with Crippen molar-refractivity contribution in [3.8, 4) is 0 Å². The summed E-state index contributed by atoms with van der Waals surface area (Å²) in [5.41, 5.74) is 0.852. The van der Waals surface area contributed by atoms with E-state index in [1.165, 1.54) is 0 Å². The van der Waals surface area contributed by atoms with Gasteiger partial charge in [0, 0.05) is 46.0 Å². The van der Waals surface area contributed by atoms with Gasteiger partial charge in [-0.2, -0.15) is 5.10 Å². The number of aromatic nitrogens is 2. The van der Waals surface area contributed by atoms with Crippen molar-refractivity contribution >= 4 is 17.6 Å². The van der Waals surface area contributed by atoms with Crippen LogP contribution in [0.1, 0.15) is 20.8 Å². The standard InChI is InChI=1S/C17H31N7O/c1-6-22(7-2)14(3)10-19-17(18-4)23-8-9-24(16(25)13-23)15-11-20-21(5)12-15/h11-12,14H,6-10,13H2,1-5H3,(H,18,19). The molecule has 1 N–H and O–H groups in total. The van der Waals surface area contributed by atoms with Crippen LogP contribution in [0.15, 0.2) is 17.4 Å². The van der Waals surface area contributed by atoms with Crippen LogP contribution < -0.4 is 10.2 Å². The number of piperazine rings is 1. The number of carbonyl (C=O) groups is 1. The van der Waals surface area contributed by atoms with E-state index in [1.54, 1.807) is 22.8 Å². The minimum Gasteiger partial charge on any atom is -0.355 e. The highest BCUT2D eigenvalue weighted by molar-refractivity contribution is 5.98. The number of rotatable bonds is 6. The third-order valence-electron chi connectivity index (χ3n) is 4.73. The number of hydrogen-bond acceptors (Lipinski definition) is 4. The van der Waals surface area contributed by atoms with E-state index in [0.717, 1.165) is 37.8 Å². The predicted molar refractivity (Wildman–Crippen MR) is 101 cm³/mol. The first-order valence-corrected chi connectivity index (χ1v) is 8.98. The van der Waals surface area contributed by atoms with E-state index in [9.17, 15) is 4.79 Å². The summed E-state index contributed by atoms with van der Waals surface area (Å²) in [4.78, 5) is 23.1. The molecule has 2 rings (SSSR count). The van der Waals surface area contributed by atoms with Crippen molar-refractivity contribution in [3.63, 3.8) is 0 Å². The number of carbonyl (C=O) groups excluding carboxylic acids is 1. The van der Waals surface area contributed by atoms with Crippen molar-refractivity contribution < 1.29 is 4.79 Å². The fraction of sp³-hybridized carbons (Fsp3) is 0.706. The molecule has 140 valence electrons. The molecule has 1 aromatic heterocycles. The monoisotopic (exact) mass is 349 g/mol. The lowest BCUT2D eigenvalue weighted by molar-refractivity contribution is -0.120. The molecule has 1 atom stereocenters. The molecule has 1 aromatic rings. The van der Waals surface area contributed by atoms with E-state index in [-0.39, 0.29) is 5.91 Å². The molecule has 0 spiro atoms. The Bertz CT molecular complexity index is 594. The van der Waals surface area contributed by atoms with Gasteiger partial charge in [-0.1, -0.05) is 13.8 Å². The van der Waals surface area contributed by atoms with Gasteiger partial charge in [-0.3, -0.25) is 19.4 Å². The van der Waals surface area contributed by atoms with Crippen LogP contribution in [-0.2, 0) is 11.8 Å². The summed E-state index contributed by atoms with van der Waals surface area (Å²) < 4.78 is 1.71. The Hall–Kier alpha value is -2.09. The first-order chi connectivity index (χ1) is 12.0. The van der Waals surface area contributed by atoms with E-state index < -0.39 is 0 Å². The van der Waals surface area contributed by atoms with Gasteiger partial charge in [-0.25, -0.2) is 0 Å². The van der Waals surface area contributed by atoms with E-state index in [1.807, 2.05) is 18.1 Å². The van der Waals surface area contributed by atoms with Crippen LogP contribution in [0.2, 0.25) is 0 Å². The minimum absolute atomic E-state index is 0.0685. The van der Waals surface area contributed by atoms with Crippen LogP contribution >= 0.6 is 0 Å². The van der Waals surface area contributed by atoms with Crippen LogP contribution in [0, 0.1) is 0 Å². The molecule has 0 aromatic carbocycles. The maximum absolute atomic E-state index is 12.5. The zero-order chi connectivity index (χ0) is 18.4. The van der Waals surface area contributed by atoms with Gasteiger partial charge in [0.2, 0.25) is 5.91 Å². The quantitative estimate of drug-likeness (QED) is 0.594. The Morgan fingerprint density at radius 2 is 2.12 bits per heavy atom. The van der Waals surface area contributed by atoms with Crippen molar-refractivity contribution in [2.24, 2.45) is 12.0 Å². The summed E-state index contributed by atoms with van der Waals surface area (Å²) in [7, 11) is 3.62. The van der Waals surface area contributed by atoms with Gasteiger partial charge >= 0.3 is 0 Å². The van der Waals surface area contributed by atoms with E-state index in [4.69, 9.17) is 0 Å². The van der Waals surface area contributed by atoms with Crippen LogP contribution in [0.5, 0.6) is 0 Å². The number of aryl methyl sites for hydroxylation is 1. The van der Waals surface area contributed by atoms with E-state index in [0.29, 0.717) is 19.1 Å². The average molecular weight is 349 g/mol. The lowest BCUT2D eigenvalue weighted by Gasteiger charge is -2.36. The minimum atomic E-state index is 0.0685. The smallest absolute Gasteiger partial charge is 0.246 e. The normalized spacial score (nSPS) is 17.4. The SMILES string of the molecule is CCN(CC)C(C)CNC(=NC)N1CCN(c2cnn(C)c2)C(=O)C1. The van der Waals surface area contributed by atoms with Crippen LogP contribution in [0.4, 0.5) is 5.69 Å². The molecule has 1 saturated heterocycles. The summed E-state index contributed by atoms with van der Waals surface area (Å²) in [5.74, 6) is 0.859. The zero-order valence-electron chi connectivity index (χ0n) is 16.1. The molecule has 8 nitrogen and oxygen atoms in total. The highest BCUT2D eigenvalue weighted by Gasteiger charge is 2.27. The highest BCUT2D eigenvalue weighted by atomic mass is 16.2. The Kier molecular flexibility index (Phi) is 6.81. The van der Waals surface area contributed by atoms with Gasteiger partial charge in [0.1, 0.15) is 6.54 Å². The molecule has 1 aliphatic rings. The van der Waals surface area contributed by atoms with Crippen molar-refractivity contribution in [3.05, 3.63) is 12.4 Å². The number of nitrogens with zero attached hydrogens (tertiary/aromatic N) is 6. The summed E-state index contributed by atoms with van der Waals surface area (Å²) in [6.45, 7) is 11.1. The average Bonchev–Trinajstić information content (AvgIpc) is 3.02. The van der Waals surface area contributed by atoms with Crippen molar-refractivity contribution in [2.45, 2.75) is 26.8 Å². The number of amides is 1. The maximum atomic E-state index is 12.5. The fourth-order valence-electron chi connectivity index (χ4n) is 3.22. The van der Waals surface area contributed by atoms with E-state index >= 15 is 0 Å². The highest BCUT2D eigenvalue weighted by Crippen LogP contribution is 2.16. The van der Waals surface area contributed by atoms with Crippen molar-refractivity contribution in [1.29, 1.82) is 0 Å². The first-order valence-electron chi connectivity index (χ1n) is 8.98. The number of aliphatic imine (C=N–C) groups is 1. The Morgan fingerprint density at radius 1 is 1.40 bits per heavy atom. The number of guanidine groups is 1. The van der Waals surface area contributed by atoms with E-state index in [2.05, 4.69) is 41.1 Å². The van der Waals surface area contributed by atoms with Crippen LogP contribution in [0.3, 0.4) is 0 Å². The third kappa shape index (κ3) is 4.72. The van der Waals surface area contributed by atoms with Gasteiger partial charge in [0.15, 0.2) is 5.96 Å². The second-order valence-corrected chi connectivity index (χ2v) is 6.34. The molecule has 1 aliphatic heterocycles. The number of nitrogens with one attached hydrogen (secondary N) is 1. The molecule has 1 fully saturated rings. The Labute approximate surface area is 150 Å². The Morgan fingerprint density at radius 3 is 2.64 bits per heavy atom. The number of anilines is 1. The predicted octanol–water partition coefficient (Wildman–Crippen LogP) is 0.374. The fourth-order valence-corrected chi connectivity index (χ4v) is 3.22. The number of hydrogen-bond donors (Lipinski definition) is 1. The van der Waals surface area contributed by atoms with Crippen LogP contribution in [0.25, 0.3) is 0 Å². The molecule has 0 bridgehead atoms. The molecular formula is C17H31N7O. The zero-order valence-corrected chi connectivity index (χ0v) is 16.1. The summed E-state index contributed by atoms with van der Waals surface area (Å²) in [5, 5.41) is 7.56. The first kappa shape index (κ1) is 19.2. The lowest BCUT2D eigenvalue weighted by Crippen LogP contribution is -2.56. The molecule has 2 heterocycles. The van der Waals surface area contributed by atoms with Crippen molar-refractivity contribution in [2.75, 3.05) is 51.2 Å². The van der Waals surface area contributed by atoms with Gasteiger partial charge < -0.3 is 15.1 Å². The molecule has 1 unspecified atom stereocenters. The molecule has 8 heteroatoms. The van der Waals surface area contributed by atoms with Crippen molar-refractivity contribution in [1.82, 2.24) is 24.9 Å². The molecule has 0 saturated carbocycles. The number of likely N-dealkylation sites (N-methyl/N-ethyl adjacent to an activating group) is 1.